The van der Waals surface area contributed by atoms with E-state index < -0.39 is 41.1 Å². The lowest BCUT2D eigenvalue weighted by Gasteiger charge is -2.34. The van der Waals surface area contributed by atoms with Crippen molar-refractivity contribution in [1.82, 2.24) is 15.5 Å². The highest BCUT2D eigenvalue weighted by Crippen LogP contribution is 2.25. The van der Waals surface area contributed by atoms with Gasteiger partial charge in [0.1, 0.15) is 24.2 Å². The normalized spacial score (nSPS) is 13.3. The maximum atomic E-state index is 13.7. The van der Waals surface area contributed by atoms with E-state index in [-0.39, 0.29) is 6.54 Å². The van der Waals surface area contributed by atoms with E-state index in [9.17, 15) is 19.6 Å². The third-order valence-electron chi connectivity index (χ3n) is 4.54. The molecule has 0 aliphatic heterocycles. The zero-order valence-electron chi connectivity index (χ0n) is 21.5. The van der Waals surface area contributed by atoms with Gasteiger partial charge in [-0.15, -0.1) is 0 Å². The number of benzene rings is 1. The maximum absolute atomic E-state index is 13.7. The van der Waals surface area contributed by atoms with Gasteiger partial charge in [0.2, 0.25) is 11.8 Å². The molecule has 2 N–H and O–H groups in total. The van der Waals surface area contributed by atoms with Crippen LogP contribution in [-0.4, -0.2) is 58.5 Å². The Balaban J connectivity index is 3.44. The summed E-state index contributed by atoms with van der Waals surface area (Å²) in [4.78, 5) is 40.8. The van der Waals surface area contributed by atoms with Gasteiger partial charge in [0, 0.05) is 5.54 Å². The fourth-order valence-corrected chi connectivity index (χ4v) is 3.74. The van der Waals surface area contributed by atoms with Gasteiger partial charge < -0.3 is 20.3 Å². The molecule has 2 unspecified atom stereocenters. The van der Waals surface area contributed by atoms with E-state index in [4.69, 9.17) is 4.74 Å². The molecule has 8 nitrogen and oxygen atoms in total. The molecule has 0 radical (unpaired) electrons. The van der Waals surface area contributed by atoms with Gasteiger partial charge in [-0.25, -0.2) is 4.79 Å². The number of thioether (sulfide) groups is 1. The molecule has 9 heteroatoms. The van der Waals surface area contributed by atoms with Crippen molar-refractivity contribution in [3.05, 3.63) is 35.4 Å². The summed E-state index contributed by atoms with van der Waals surface area (Å²) in [6, 6.07) is 7.30. The number of carbonyl (C=O) groups is 3. The van der Waals surface area contributed by atoms with Crippen molar-refractivity contribution in [2.75, 3.05) is 18.6 Å². The molecule has 2 atom stereocenters. The molecule has 188 valence electrons. The van der Waals surface area contributed by atoms with Crippen molar-refractivity contribution >= 4 is 29.7 Å². The van der Waals surface area contributed by atoms with E-state index in [1.807, 2.05) is 52.2 Å². The second kappa shape index (κ2) is 12.7. The molecule has 0 saturated heterocycles. The first kappa shape index (κ1) is 29.3. The largest absolute Gasteiger partial charge is 0.444 e. The van der Waals surface area contributed by atoms with Gasteiger partial charge in [0.15, 0.2) is 0 Å². The Kier molecular flexibility index (Phi) is 10.9. The van der Waals surface area contributed by atoms with Crippen molar-refractivity contribution in [3.63, 3.8) is 0 Å². The molecule has 1 aromatic carbocycles. The highest BCUT2D eigenvalue weighted by atomic mass is 32.2. The number of aryl methyl sites for hydroxylation is 1. The second-order valence-electron chi connectivity index (χ2n) is 10.2. The maximum Gasteiger partial charge on any atom is 0.408 e. The molecule has 0 bridgehead atoms. The van der Waals surface area contributed by atoms with E-state index in [0.717, 1.165) is 5.56 Å². The van der Waals surface area contributed by atoms with Gasteiger partial charge in [0.05, 0.1) is 6.07 Å². The summed E-state index contributed by atoms with van der Waals surface area (Å²) in [5.74, 6) is -0.324. The molecule has 0 fully saturated rings. The third-order valence-corrected chi connectivity index (χ3v) is 5.18. The molecule has 0 spiro atoms. The summed E-state index contributed by atoms with van der Waals surface area (Å²) >= 11 is 1.53. The van der Waals surface area contributed by atoms with Crippen LogP contribution in [-0.2, 0) is 14.3 Å². The Morgan fingerprint density at radius 2 is 1.82 bits per heavy atom. The molecule has 0 saturated carbocycles. The van der Waals surface area contributed by atoms with Gasteiger partial charge in [-0.3, -0.25) is 9.59 Å². The molecule has 1 rings (SSSR count). The molecule has 0 aromatic heterocycles. The zero-order chi connectivity index (χ0) is 26.1. The van der Waals surface area contributed by atoms with Crippen LogP contribution in [0.1, 0.15) is 65.1 Å². The van der Waals surface area contributed by atoms with Crippen molar-refractivity contribution in [3.8, 4) is 6.07 Å². The fourth-order valence-electron chi connectivity index (χ4n) is 3.27. The Morgan fingerprint density at radius 3 is 2.32 bits per heavy atom. The molecular formula is C25H38N4O4S. The Hall–Kier alpha value is -2.73. The van der Waals surface area contributed by atoms with Gasteiger partial charge in [-0.1, -0.05) is 29.8 Å². The minimum atomic E-state index is -1.04. The fraction of sp³-hybridized carbons (Fsp3) is 0.600. The summed E-state index contributed by atoms with van der Waals surface area (Å²) < 4.78 is 5.34. The number of hydrogen-bond donors (Lipinski definition) is 2. The summed E-state index contributed by atoms with van der Waals surface area (Å²) in [6.07, 6.45) is 1.49. The average molecular weight is 491 g/mol. The van der Waals surface area contributed by atoms with Crippen molar-refractivity contribution < 1.29 is 19.1 Å². The van der Waals surface area contributed by atoms with Gasteiger partial charge in [0.25, 0.3) is 0 Å². The van der Waals surface area contributed by atoms with E-state index in [1.54, 1.807) is 32.9 Å². The number of carbonyl (C=O) groups excluding carboxylic acids is 3. The third kappa shape index (κ3) is 10.0. The first-order chi connectivity index (χ1) is 15.7. The predicted octanol–water partition coefficient (Wildman–Crippen LogP) is 3.95. The molecule has 0 aliphatic rings. The van der Waals surface area contributed by atoms with Crippen LogP contribution < -0.4 is 10.6 Å². The predicted molar refractivity (Wildman–Crippen MR) is 135 cm³/mol. The van der Waals surface area contributed by atoms with Crippen LogP contribution in [0.4, 0.5) is 4.79 Å². The lowest BCUT2D eigenvalue weighted by molar-refractivity contribution is -0.142. The van der Waals surface area contributed by atoms with E-state index in [0.29, 0.717) is 17.7 Å². The molecule has 3 amide bonds. The minimum absolute atomic E-state index is 0.319. The summed E-state index contributed by atoms with van der Waals surface area (Å²) in [5, 5.41) is 15.1. The Morgan fingerprint density at radius 1 is 1.18 bits per heavy atom. The smallest absolute Gasteiger partial charge is 0.408 e. The number of alkyl carbamates (subject to hydrolysis) is 1. The number of hydrogen-bond acceptors (Lipinski definition) is 6. The Labute approximate surface area is 207 Å². The second-order valence-corrected chi connectivity index (χ2v) is 11.1. The van der Waals surface area contributed by atoms with Gasteiger partial charge in [-0.2, -0.15) is 17.0 Å². The minimum Gasteiger partial charge on any atom is -0.444 e. The van der Waals surface area contributed by atoms with Crippen LogP contribution >= 0.6 is 11.8 Å². The number of ether oxygens (including phenoxy) is 1. The number of nitriles is 1. The lowest BCUT2D eigenvalue weighted by Crippen LogP contribution is -2.54. The molecule has 1 aromatic rings. The van der Waals surface area contributed by atoms with Crippen LogP contribution in [0.15, 0.2) is 24.3 Å². The van der Waals surface area contributed by atoms with Crippen LogP contribution in [0.3, 0.4) is 0 Å². The summed E-state index contributed by atoms with van der Waals surface area (Å²) in [5.41, 5.74) is 0.223. The van der Waals surface area contributed by atoms with E-state index >= 15 is 0 Å². The highest BCUT2D eigenvalue weighted by molar-refractivity contribution is 7.98. The van der Waals surface area contributed by atoms with E-state index in [2.05, 4.69) is 10.6 Å². The molecular weight excluding hydrogens is 452 g/mol. The van der Waals surface area contributed by atoms with Crippen LogP contribution in [0.25, 0.3) is 0 Å². The topological polar surface area (TPSA) is 112 Å². The Bertz CT molecular complexity index is 899. The van der Waals surface area contributed by atoms with Gasteiger partial charge >= 0.3 is 6.09 Å². The standard InChI is InChI=1S/C25H38N4O4S/c1-17-10-9-11-18(16-17)20(21(30)28-24(2,3)4)29(14-13-26)22(31)19(12-15-34-8)27-23(32)33-25(5,6)7/h9-11,16,19-20H,12,14-15H2,1-8H3,(H,27,32)(H,28,30). The molecule has 0 aliphatic carbocycles. The first-order valence-corrected chi connectivity index (χ1v) is 12.6. The average Bonchev–Trinajstić information content (AvgIpc) is 2.67. The number of rotatable bonds is 9. The van der Waals surface area contributed by atoms with Crippen molar-refractivity contribution in [2.45, 2.75) is 78.1 Å². The molecule has 0 heterocycles. The van der Waals surface area contributed by atoms with Crippen LogP contribution in [0.2, 0.25) is 0 Å². The van der Waals surface area contributed by atoms with Crippen molar-refractivity contribution in [2.24, 2.45) is 0 Å². The lowest BCUT2D eigenvalue weighted by atomic mass is 9.99. The number of amides is 3. The summed E-state index contributed by atoms with van der Waals surface area (Å²) in [7, 11) is 0. The summed E-state index contributed by atoms with van der Waals surface area (Å²) in [6.45, 7) is 12.3. The van der Waals surface area contributed by atoms with E-state index in [1.165, 1.54) is 16.7 Å². The first-order valence-electron chi connectivity index (χ1n) is 11.2. The van der Waals surface area contributed by atoms with Crippen LogP contribution in [0, 0.1) is 18.3 Å². The van der Waals surface area contributed by atoms with Crippen molar-refractivity contribution in [1.29, 1.82) is 5.26 Å². The highest BCUT2D eigenvalue weighted by Gasteiger charge is 2.37. The number of nitrogens with one attached hydrogen (secondary N) is 2. The number of nitrogens with zero attached hydrogens (tertiary/aromatic N) is 2. The monoisotopic (exact) mass is 490 g/mol. The van der Waals surface area contributed by atoms with Gasteiger partial charge in [-0.05, 0) is 72.5 Å². The SMILES string of the molecule is CSCCC(NC(=O)OC(C)(C)C)C(=O)N(CC#N)C(C(=O)NC(C)(C)C)c1cccc(C)c1. The molecule has 34 heavy (non-hydrogen) atoms. The van der Waals surface area contributed by atoms with Crippen LogP contribution in [0.5, 0.6) is 0 Å². The zero-order valence-corrected chi connectivity index (χ0v) is 22.3. The quantitative estimate of drug-likeness (QED) is 0.507.